The molecule has 1 heteroatoms. The number of fused-ring (bicyclic) bond motifs is 3. The van der Waals surface area contributed by atoms with E-state index < -0.39 is 0 Å². The lowest BCUT2D eigenvalue weighted by molar-refractivity contribution is 0.465. The second kappa shape index (κ2) is 3.11. The molecule has 1 N–H and O–H groups in total. The first-order valence-electron chi connectivity index (χ1n) is 5.59. The van der Waals surface area contributed by atoms with E-state index in [0.717, 1.165) is 23.1 Å². The van der Waals surface area contributed by atoms with Gasteiger partial charge in [-0.25, -0.2) is 0 Å². The van der Waals surface area contributed by atoms with Crippen LogP contribution in [0.25, 0.3) is 11.1 Å². The van der Waals surface area contributed by atoms with E-state index >= 15 is 0 Å². The summed E-state index contributed by atoms with van der Waals surface area (Å²) in [6.07, 6.45) is 0.860. The van der Waals surface area contributed by atoms with Gasteiger partial charge in [-0.15, -0.1) is 0 Å². The van der Waals surface area contributed by atoms with Crippen molar-refractivity contribution in [1.29, 1.82) is 0 Å². The van der Waals surface area contributed by atoms with Gasteiger partial charge in [-0.3, -0.25) is 0 Å². The highest BCUT2D eigenvalue weighted by molar-refractivity contribution is 5.80. The highest BCUT2D eigenvalue weighted by Gasteiger charge is 2.22. The summed E-state index contributed by atoms with van der Waals surface area (Å²) in [6, 6.07) is 10.6. The Morgan fingerprint density at radius 3 is 2.62 bits per heavy atom. The number of phenolic OH excluding ortho intramolecular Hbond substituents is 1. The molecule has 0 saturated heterocycles. The maximum Gasteiger partial charge on any atom is 0.122 e. The van der Waals surface area contributed by atoms with Gasteiger partial charge in [-0.05, 0) is 41.7 Å². The molecule has 0 atom stereocenters. The van der Waals surface area contributed by atoms with Crippen LogP contribution < -0.4 is 0 Å². The Balaban J connectivity index is 2.34. The van der Waals surface area contributed by atoms with Crippen LogP contribution in [0.2, 0.25) is 0 Å². The van der Waals surface area contributed by atoms with Gasteiger partial charge in [0.05, 0.1) is 0 Å². The summed E-state index contributed by atoms with van der Waals surface area (Å²) in [5.74, 6) is 0.478. The third-order valence-electron chi connectivity index (χ3n) is 3.59. The molecule has 1 aliphatic carbocycles. The maximum atomic E-state index is 10.2. The SMILES string of the molecule is Cc1cc2c(c(O)c1C)Cc1ccccc1-2. The highest BCUT2D eigenvalue weighted by Crippen LogP contribution is 2.43. The normalized spacial score (nSPS) is 12.4. The second-order valence-corrected chi connectivity index (χ2v) is 4.53. The van der Waals surface area contributed by atoms with Gasteiger partial charge in [0.15, 0.2) is 0 Å². The van der Waals surface area contributed by atoms with Crippen molar-refractivity contribution in [3.05, 3.63) is 52.6 Å². The number of aromatic hydroxyl groups is 1. The van der Waals surface area contributed by atoms with Crippen LogP contribution in [0.15, 0.2) is 30.3 Å². The van der Waals surface area contributed by atoms with Crippen LogP contribution in [-0.2, 0) is 6.42 Å². The molecule has 0 amide bonds. The Morgan fingerprint density at radius 2 is 1.81 bits per heavy atom. The molecule has 0 heterocycles. The summed E-state index contributed by atoms with van der Waals surface area (Å²) >= 11 is 0. The van der Waals surface area contributed by atoms with E-state index in [1.54, 1.807) is 0 Å². The van der Waals surface area contributed by atoms with Crippen molar-refractivity contribution in [2.24, 2.45) is 0 Å². The van der Waals surface area contributed by atoms with Crippen LogP contribution in [0.4, 0.5) is 0 Å². The lowest BCUT2D eigenvalue weighted by Crippen LogP contribution is -1.89. The number of hydrogen-bond acceptors (Lipinski definition) is 1. The molecule has 0 bridgehead atoms. The first kappa shape index (κ1) is 9.46. The van der Waals surface area contributed by atoms with E-state index in [1.165, 1.54) is 16.7 Å². The van der Waals surface area contributed by atoms with Crippen LogP contribution in [0.5, 0.6) is 5.75 Å². The van der Waals surface area contributed by atoms with Gasteiger partial charge in [0.1, 0.15) is 5.75 Å². The first-order valence-corrected chi connectivity index (χ1v) is 5.59. The van der Waals surface area contributed by atoms with Gasteiger partial charge in [0.25, 0.3) is 0 Å². The van der Waals surface area contributed by atoms with Crippen LogP contribution >= 0.6 is 0 Å². The molecule has 0 unspecified atom stereocenters. The van der Waals surface area contributed by atoms with Gasteiger partial charge in [0, 0.05) is 12.0 Å². The van der Waals surface area contributed by atoms with Gasteiger partial charge < -0.3 is 5.11 Å². The summed E-state index contributed by atoms with van der Waals surface area (Å²) in [7, 11) is 0. The molecular weight excluding hydrogens is 196 g/mol. The van der Waals surface area contributed by atoms with E-state index in [4.69, 9.17) is 0 Å². The highest BCUT2D eigenvalue weighted by atomic mass is 16.3. The van der Waals surface area contributed by atoms with Crippen molar-refractivity contribution >= 4 is 0 Å². The van der Waals surface area contributed by atoms with Crippen LogP contribution in [0.3, 0.4) is 0 Å². The summed E-state index contributed by atoms with van der Waals surface area (Å²) in [4.78, 5) is 0. The summed E-state index contributed by atoms with van der Waals surface area (Å²) in [6.45, 7) is 4.03. The summed E-state index contributed by atoms with van der Waals surface area (Å²) in [5.41, 5.74) is 7.05. The van der Waals surface area contributed by atoms with E-state index in [9.17, 15) is 5.11 Å². The minimum absolute atomic E-state index is 0.478. The molecule has 0 aromatic heterocycles. The quantitative estimate of drug-likeness (QED) is 0.601. The molecule has 1 nitrogen and oxygen atoms in total. The average Bonchev–Trinajstić information content (AvgIpc) is 2.65. The van der Waals surface area contributed by atoms with Crippen molar-refractivity contribution in [3.63, 3.8) is 0 Å². The second-order valence-electron chi connectivity index (χ2n) is 4.53. The molecule has 0 aliphatic heterocycles. The van der Waals surface area contributed by atoms with Gasteiger partial charge in [-0.2, -0.15) is 0 Å². The van der Waals surface area contributed by atoms with Gasteiger partial charge in [0.2, 0.25) is 0 Å². The molecular formula is C15H14O. The van der Waals surface area contributed by atoms with E-state index in [1.807, 2.05) is 6.92 Å². The third kappa shape index (κ3) is 1.12. The zero-order valence-electron chi connectivity index (χ0n) is 9.54. The first-order chi connectivity index (χ1) is 7.68. The predicted molar refractivity (Wildman–Crippen MR) is 65.8 cm³/mol. The van der Waals surface area contributed by atoms with E-state index in [0.29, 0.717) is 5.75 Å². The smallest absolute Gasteiger partial charge is 0.122 e. The van der Waals surface area contributed by atoms with Crippen molar-refractivity contribution < 1.29 is 5.11 Å². The van der Waals surface area contributed by atoms with Crippen LogP contribution in [0, 0.1) is 13.8 Å². The zero-order chi connectivity index (χ0) is 11.3. The van der Waals surface area contributed by atoms with Crippen molar-refractivity contribution in [2.75, 3.05) is 0 Å². The zero-order valence-corrected chi connectivity index (χ0v) is 9.54. The number of benzene rings is 2. The minimum atomic E-state index is 0.478. The summed E-state index contributed by atoms with van der Waals surface area (Å²) < 4.78 is 0. The summed E-state index contributed by atoms with van der Waals surface area (Å²) in [5, 5.41) is 10.2. The number of aryl methyl sites for hydroxylation is 1. The average molecular weight is 210 g/mol. The topological polar surface area (TPSA) is 20.2 Å². The molecule has 2 aromatic rings. The minimum Gasteiger partial charge on any atom is -0.507 e. The van der Waals surface area contributed by atoms with Gasteiger partial charge >= 0.3 is 0 Å². The predicted octanol–water partition coefficient (Wildman–Crippen LogP) is 3.58. The Labute approximate surface area is 95.4 Å². The largest absolute Gasteiger partial charge is 0.507 e. The Bertz CT molecular complexity index is 582. The molecule has 16 heavy (non-hydrogen) atoms. The van der Waals surface area contributed by atoms with Crippen LogP contribution in [-0.4, -0.2) is 5.11 Å². The fourth-order valence-electron chi connectivity index (χ4n) is 2.50. The van der Waals surface area contributed by atoms with E-state index in [-0.39, 0.29) is 0 Å². The standard InChI is InChI=1S/C15H14O/c1-9-7-13-12-6-4-3-5-11(12)8-14(13)15(16)10(9)2/h3-7,16H,8H2,1-2H3. The Hall–Kier alpha value is -1.76. The lowest BCUT2D eigenvalue weighted by Gasteiger charge is -2.09. The van der Waals surface area contributed by atoms with Crippen LogP contribution in [0.1, 0.15) is 22.3 Å². The Kier molecular flexibility index (Phi) is 1.84. The number of rotatable bonds is 0. The fraction of sp³-hybridized carbons (Fsp3) is 0.200. The molecule has 0 spiro atoms. The fourth-order valence-corrected chi connectivity index (χ4v) is 2.50. The maximum absolute atomic E-state index is 10.2. The molecule has 80 valence electrons. The molecule has 2 aromatic carbocycles. The molecule has 1 aliphatic rings. The van der Waals surface area contributed by atoms with Crippen molar-refractivity contribution in [3.8, 4) is 16.9 Å². The Morgan fingerprint density at radius 1 is 1.06 bits per heavy atom. The lowest BCUT2D eigenvalue weighted by atomic mass is 9.98. The van der Waals surface area contributed by atoms with E-state index in [2.05, 4.69) is 37.3 Å². The third-order valence-corrected chi connectivity index (χ3v) is 3.59. The molecule has 0 saturated carbocycles. The van der Waals surface area contributed by atoms with Crippen molar-refractivity contribution in [2.45, 2.75) is 20.3 Å². The molecule has 0 radical (unpaired) electrons. The monoisotopic (exact) mass is 210 g/mol. The number of hydrogen-bond donors (Lipinski definition) is 1. The molecule has 0 fully saturated rings. The van der Waals surface area contributed by atoms with Crippen molar-refractivity contribution in [1.82, 2.24) is 0 Å². The number of phenols is 1. The van der Waals surface area contributed by atoms with Gasteiger partial charge in [-0.1, -0.05) is 30.3 Å². The molecule has 3 rings (SSSR count).